The lowest BCUT2D eigenvalue weighted by molar-refractivity contribution is -0.0384. The topological polar surface area (TPSA) is 89.8 Å². The minimum atomic E-state index is -0.427. The number of hydrogen-bond donors (Lipinski definition) is 2. The monoisotopic (exact) mass is 378 g/mol. The van der Waals surface area contributed by atoms with Crippen LogP contribution in [0.15, 0.2) is 22.8 Å². The Labute approximate surface area is 155 Å². The summed E-state index contributed by atoms with van der Waals surface area (Å²) in [5.41, 5.74) is 0.955. The van der Waals surface area contributed by atoms with E-state index in [1.54, 1.807) is 25.3 Å². The number of carbonyl (C=O) groups excluding carboxylic acids is 2. The highest BCUT2D eigenvalue weighted by Crippen LogP contribution is 2.40. The minimum absolute atomic E-state index is 0.259. The molecule has 0 saturated carbocycles. The van der Waals surface area contributed by atoms with Crippen LogP contribution in [-0.4, -0.2) is 24.2 Å². The Hall–Kier alpha value is -2.32. The first-order chi connectivity index (χ1) is 12.4. The van der Waals surface area contributed by atoms with Gasteiger partial charge in [0.15, 0.2) is 0 Å². The second-order valence-corrected chi connectivity index (χ2v) is 7.65. The number of nitrogens with one attached hydrogen (secondary N) is 2. The molecule has 2 aromatic heterocycles. The van der Waals surface area contributed by atoms with Crippen molar-refractivity contribution < 1.29 is 23.5 Å². The molecular formula is C18H22N2O5S. The Morgan fingerprint density at radius 3 is 2.88 bits per heavy atom. The Morgan fingerprint density at radius 2 is 2.19 bits per heavy atom. The molecule has 1 aliphatic rings. The predicted octanol–water partition coefficient (Wildman–Crippen LogP) is 3.69. The molecule has 0 saturated heterocycles. The maximum atomic E-state index is 12.5. The molecule has 26 heavy (non-hydrogen) atoms. The van der Waals surface area contributed by atoms with Crippen LogP contribution in [-0.2, 0) is 29.0 Å². The van der Waals surface area contributed by atoms with Gasteiger partial charge in [0.2, 0.25) is 0 Å². The molecule has 0 aliphatic carbocycles. The van der Waals surface area contributed by atoms with Crippen LogP contribution in [0.1, 0.15) is 47.3 Å². The van der Waals surface area contributed by atoms with Crippen molar-refractivity contribution >= 4 is 28.3 Å². The molecule has 1 aliphatic heterocycles. The van der Waals surface area contributed by atoms with Gasteiger partial charge in [-0.2, -0.15) is 0 Å². The van der Waals surface area contributed by atoms with Gasteiger partial charge in [0.25, 0.3) is 0 Å². The van der Waals surface area contributed by atoms with Gasteiger partial charge in [-0.3, -0.25) is 5.32 Å². The minimum Gasteiger partial charge on any atom is -0.467 e. The van der Waals surface area contributed by atoms with Crippen LogP contribution in [0.3, 0.4) is 0 Å². The van der Waals surface area contributed by atoms with E-state index in [4.69, 9.17) is 13.9 Å². The number of furan rings is 1. The van der Waals surface area contributed by atoms with Crippen LogP contribution in [0.25, 0.3) is 0 Å². The number of thiophene rings is 1. The zero-order chi connectivity index (χ0) is 18.7. The number of anilines is 1. The summed E-state index contributed by atoms with van der Waals surface area (Å²) >= 11 is 1.35. The first-order valence-corrected chi connectivity index (χ1v) is 9.24. The van der Waals surface area contributed by atoms with Gasteiger partial charge in [-0.05, 0) is 38.5 Å². The van der Waals surface area contributed by atoms with E-state index in [1.165, 1.54) is 11.3 Å². The molecule has 0 fully saturated rings. The van der Waals surface area contributed by atoms with Crippen molar-refractivity contribution in [3.05, 3.63) is 40.2 Å². The van der Waals surface area contributed by atoms with Gasteiger partial charge in [-0.25, -0.2) is 9.59 Å². The van der Waals surface area contributed by atoms with Crippen molar-refractivity contribution in [2.45, 2.75) is 45.9 Å². The first kappa shape index (κ1) is 18.5. The number of urea groups is 1. The van der Waals surface area contributed by atoms with E-state index in [0.29, 0.717) is 29.4 Å². The summed E-state index contributed by atoms with van der Waals surface area (Å²) in [5.74, 6) is 0.218. The van der Waals surface area contributed by atoms with E-state index in [0.717, 1.165) is 10.4 Å². The quantitative estimate of drug-likeness (QED) is 0.775. The highest BCUT2D eigenvalue weighted by atomic mass is 32.1. The van der Waals surface area contributed by atoms with E-state index in [2.05, 4.69) is 10.6 Å². The van der Waals surface area contributed by atoms with Crippen molar-refractivity contribution in [1.29, 1.82) is 0 Å². The smallest absolute Gasteiger partial charge is 0.341 e. The number of ether oxygens (including phenoxy) is 2. The van der Waals surface area contributed by atoms with E-state index in [9.17, 15) is 9.59 Å². The Kier molecular flexibility index (Phi) is 5.33. The zero-order valence-corrected chi connectivity index (χ0v) is 15.8. The fraction of sp³-hybridized carbons (Fsp3) is 0.444. The molecule has 140 valence electrons. The molecule has 0 atom stereocenters. The Bertz CT molecular complexity index is 795. The normalized spacial score (nSPS) is 15.2. The van der Waals surface area contributed by atoms with Crippen LogP contribution in [0.2, 0.25) is 0 Å². The average molecular weight is 378 g/mol. The fourth-order valence-electron chi connectivity index (χ4n) is 2.79. The van der Waals surface area contributed by atoms with Crippen LogP contribution < -0.4 is 10.6 Å². The highest BCUT2D eigenvalue weighted by molar-refractivity contribution is 7.17. The van der Waals surface area contributed by atoms with E-state index >= 15 is 0 Å². The lowest BCUT2D eigenvalue weighted by atomic mass is 9.93. The molecule has 3 rings (SSSR count). The van der Waals surface area contributed by atoms with Gasteiger partial charge in [-0.15, -0.1) is 11.3 Å². The number of esters is 1. The molecule has 8 heteroatoms. The Morgan fingerprint density at radius 1 is 1.38 bits per heavy atom. The highest BCUT2D eigenvalue weighted by Gasteiger charge is 2.34. The van der Waals surface area contributed by atoms with E-state index < -0.39 is 12.0 Å². The summed E-state index contributed by atoms with van der Waals surface area (Å²) in [6.45, 7) is 6.65. The third kappa shape index (κ3) is 4.08. The number of fused-ring (bicyclic) bond motifs is 1. The second-order valence-electron chi connectivity index (χ2n) is 6.54. The molecule has 3 heterocycles. The van der Waals surface area contributed by atoms with Crippen LogP contribution in [0.4, 0.5) is 9.80 Å². The van der Waals surface area contributed by atoms with Crippen LogP contribution in [0, 0.1) is 0 Å². The number of rotatable bonds is 5. The van der Waals surface area contributed by atoms with Gasteiger partial charge in [0.05, 0.1) is 37.2 Å². The largest absolute Gasteiger partial charge is 0.467 e. The van der Waals surface area contributed by atoms with Gasteiger partial charge in [0, 0.05) is 11.3 Å². The number of carbonyl (C=O) groups is 2. The summed E-state index contributed by atoms with van der Waals surface area (Å²) < 4.78 is 16.2. The molecule has 0 bridgehead atoms. The third-order valence-electron chi connectivity index (χ3n) is 4.00. The fourth-order valence-corrected chi connectivity index (χ4v) is 3.90. The van der Waals surface area contributed by atoms with Crippen molar-refractivity contribution in [3.63, 3.8) is 0 Å². The van der Waals surface area contributed by atoms with Crippen LogP contribution >= 0.6 is 11.3 Å². The summed E-state index contributed by atoms with van der Waals surface area (Å²) in [4.78, 5) is 25.7. The average Bonchev–Trinajstić information content (AvgIpc) is 3.19. The molecule has 0 spiro atoms. The molecule has 2 aromatic rings. The summed E-state index contributed by atoms with van der Waals surface area (Å²) in [6.07, 6.45) is 2.13. The van der Waals surface area contributed by atoms with Gasteiger partial charge < -0.3 is 19.2 Å². The standard InChI is InChI=1S/C18H22N2O5S/c1-4-23-16(21)14-12-8-18(2,3)25-10-13(12)26-15(14)20-17(22)19-9-11-6-5-7-24-11/h5-7H,4,8-10H2,1-3H3,(H2,19,20,22). The molecule has 7 nitrogen and oxygen atoms in total. The molecule has 2 N–H and O–H groups in total. The lowest BCUT2D eigenvalue weighted by Gasteiger charge is -2.30. The van der Waals surface area contributed by atoms with Crippen LogP contribution in [0.5, 0.6) is 0 Å². The lowest BCUT2D eigenvalue weighted by Crippen LogP contribution is -2.32. The molecule has 0 radical (unpaired) electrons. The number of hydrogen-bond acceptors (Lipinski definition) is 6. The maximum absolute atomic E-state index is 12.5. The maximum Gasteiger partial charge on any atom is 0.341 e. The zero-order valence-electron chi connectivity index (χ0n) is 15.0. The number of amides is 2. The third-order valence-corrected chi connectivity index (χ3v) is 5.12. The van der Waals surface area contributed by atoms with Gasteiger partial charge in [-0.1, -0.05) is 0 Å². The van der Waals surface area contributed by atoms with Gasteiger partial charge >= 0.3 is 12.0 Å². The van der Waals surface area contributed by atoms with Crippen molar-refractivity contribution in [1.82, 2.24) is 5.32 Å². The first-order valence-electron chi connectivity index (χ1n) is 8.42. The molecule has 0 unspecified atom stereocenters. The molecule has 0 aromatic carbocycles. The Balaban J connectivity index is 1.80. The molecule has 2 amide bonds. The van der Waals surface area contributed by atoms with Crippen molar-refractivity contribution in [2.24, 2.45) is 0 Å². The molecular weight excluding hydrogens is 356 g/mol. The SMILES string of the molecule is CCOC(=O)c1c(NC(=O)NCc2ccco2)sc2c1CC(C)(C)OC2. The second kappa shape index (κ2) is 7.51. The summed E-state index contributed by atoms with van der Waals surface area (Å²) in [5, 5.41) is 5.95. The summed E-state index contributed by atoms with van der Waals surface area (Å²) in [6, 6.07) is 3.11. The van der Waals surface area contributed by atoms with E-state index in [-0.39, 0.29) is 18.8 Å². The van der Waals surface area contributed by atoms with E-state index in [1.807, 2.05) is 13.8 Å². The van der Waals surface area contributed by atoms with Crippen molar-refractivity contribution in [2.75, 3.05) is 11.9 Å². The predicted molar refractivity (Wildman–Crippen MR) is 97.4 cm³/mol. The summed E-state index contributed by atoms with van der Waals surface area (Å²) in [7, 11) is 0. The van der Waals surface area contributed by atoms with Crippen molar-refractivity contribution in [3.8, 4) is 0 Å². The van der Waals surface area contributed by atoms with Gasteiger partial charge in [0.1, 0.15) is 10.8 Å².